The molecule has 0 fully saturated rings. The van der Waals surface area contributed by atoms with Crippen molar-refractivity contribution < 1.29 is 14.3 Å². The molecule has 0 aromatic heterocycles. The summed E-state index contributed by atoms with van der Waals surface area (Å²) in [5.41, 5.74) is 1.88. The average Bonchev–Trinajstić information content (AvgIpc) is 2.97. The number of carbonyl (C=O) groups is 1. The molecule has 0 saturated carbocycles. The van der Waals surface area contributed by atoms with Crippen LogP contribution >= 0.6 is 0 Å². The Morgan fingerprint density at radius 1 is 1.24 bits per heavy atom. The van der Waals surface area contributed by atoms with Gasteiger partial charge in [0, 0.05) is 11.3 Å². The lowest BCUT2D eigenvalue weighted by molar-refractivity contribution is -0.115. The van der Waals surface area contributed by atoms with Gasteiger partial charge < -0.3 is 14.8 Å². The number of benzene rings is 2. The summed E-state index contributed by atoms with van der Waals surface area (Å²) in [6.07, 6.45) is 0.184. The standard InChI is InChI=1S/C16H12N2O3/c17-9-11-3-1-5-13(7-11)18-15(19)8-12-4-2-6-14-16(12)21-10-20-14/h1-7H,8,10H2,(H,18,19). The van der Waals surface area contributed by atoms with E-state index in [2.05, 4.69) is 5.32 Å². The topological polar surface area (TPSA) is 71.4 Å². The molecule has 0 saturated heterocycles. The third kappa shape index (κ3) is 2.79. The molecule has 0 radical (unpaired) electrons. The van der Waals surface area contributed by atoms with Gasteiger partial charge in [-0.1, -0.05) is 18.2 Å². The van der Waals surface area contributed by atoms with Crippen LogP contribution in [0.3, 0.4) is 0 Å². The predicted molar refractivity (Wildman–Crippen MR) is 76.1 cm³/mol. The summed E-state index contributed by atoms with van der Waals surface area (Å²) in [7, 11) is 0. The van der Waals surface area contributed by atoms with E-state index in [0.717, 1.165) is 5.56 Å². The van der Waals surface area contributed by atoms with Gasteiger partial charge in [-0.3, -0.25) is 4.79 Å². The summed E-state index contributed by atoms with van der Waals surface area (Å²) >= 11 is 0. The number of nitrogens with one attached hydrogen (secondary N) is 1. The second-order valence-corrected chi connectivity index (χ2v) is 4.57. The molecule has 1 aliphatic heterocycles. The number of hydrogen-bond donors (Lipinski definition) is 1. The maximum Gasteiger partial charge on any atom is 0.231 e. The molecule has 1 aliphatic rings. The van der Waals surface area contributed by atoms with Gasteiger partial charge in [-0.2, -0.15) is 5.26 Å². The molecule has 5 heteroatoms. The van der Waals surface area contributed by atoms with Crippen LogP contribution in [0.2, 0.25) is 0 Å². The second-order valence-electron chi connectivity index (χ2n) is 4.57. The number of nitriles is 1. The Hall–Kier alpha value is -3.00. The second kappa shape index (κ2) is 5.55. The van der Waals surface area contributed by atoms with Gasteiger partial charge in [-0.15, -0.1) is 0 Å². The first-order chi connectivity index (χ1) is 10.3. The molecular weight excluding hydrogens is 268 g/mol. The zero-order valence-corrected chi connectivity index (χ0v) is 11.1. The number of nitrogens with zero attached hydrogens (tertiary/aromatic N) is 1. The van der Waals surface area contributed by atoms with Crippen molar-refractivity contribution in [1.82, 2.24) is 0 Å². The van der Waals surface area contributed by atoms with Gasteiger partial charge in [0.05, 0.1) is 18.1 Å². The van der Waals surface area contributed by atoms with Gasteiger partial charge in [0.1, 0.15) is 0 Å². The summed E-state index contributed by atoms with van der Waals surface area (Å²) in [4.78, 5) is 12.1. The Kier molecular flexibility index (Phi) is 3.44. The molecule has 0 aliphatic carbocycles. The van der Waals surface area contributed by atoms with Crippen molar-refractivity contribution in [1.29, 1.82) is 5.26 Å². The van der Waals surface area contributed by atoms with Gasteiger partial charge in [-0.05, 0) is 24.3 Å². The van der Waals surface area contributed by atoms with Gasteiger partial charge in [0.2, 0.25) is 12.7 Å². The van der Waals surface area contributed by atoms with Crippen LogP contribution in [-0.4, -0.2) is 12.7 Å². The molecule has 21 heavy (non-hydrogen) atoms. The maximum absolute atomic E-state index is 12.1. The molecule has 2 aromatic carbocycles. The molecule has 0 spiro atoms. The maximum atomic E-state index is 12.1. The van der Waals surface area contributed by atoms with Crippen molar-refractivity contribution in [2.45, 2.75) is 6.42 Å². The zero-order chi connectivity index (χ0) is 14.7. The van der Waals surface area contributed by atoms with Crippen molar-refractivity contribution in [3.8, 4) is 17.6 Å². The first kappa shape index (κ1) is 13.0. The summed E-state index contributed by atoms with van der Waals surface area (Å²) < 4.78 is 10.7. The Morgan fingerprint density at radius 3 is 2.95 bits per heavy atom. The third-order valence-electron chi connectivity index (χ3n) is 3.10. The summed E-state index contributed by atoms with van der Waals surface area (Å²) in [6.45, 7) is 0.179. The molecule has 5 nitrogen and oxygen atoms in total. The predicted octanol–water partition coefficient (Wildman–Crippen LogP) is 2.47. The van der Waals surface area contributed by atoms with E-state index in [1.165, 1.54) is 0 Å². The highest BCUT2D eigenvalue weighted by Gasteiger charge is 2.18. The van der Waals surface area contributed by atoms with Crippen LogP contribution in [0.15, 0.2) is 42.5 Å². The van der Waals surface area contributed by atoms with Crippen molar-refractivity contribution >= 4 is 11.6 Å². The lowest BCUT2D eigenvalue weighted by atomic mass is 10.1. The first-order valence-electron chi connectivity index (χ1n) is 6.44. The van der Waals surface area contributed by atoms with Gasteiger partial charge in [-0.25, -0.2) is 0 Å². The van der Waals surface area contributed by atoms with Crippen LogP contribution in [0.5, 0.6) is 11.5 Å². The van der Waals surface area contributed by atoms with E-state index in [0.29, 0.717) is 22.7 Å². The van der Waals surface area contributed by atoms with Gasteiger partial charge in [0.15, 0.2) is 11.5 Å². The largest absolute Gasteiger partial charge is 0.454 e. The van der Waals surface area contributed by atoms with E-state index < -0.39 is 0 Å². The smallest absolute Gasteiger partial charge is 0.231 e. The Bertz CT molecular complexity index is 735. The Labute approximate surface area is 121 Å². The highest BCUT2D eigenvalue weighted by Crippen LogP contribution is 2.35. The minimum atomic E-state index is -0.172. The van der Waals surface area contributed by atoms with Crippen molar-refractivity contribution in [2.24, 2.45) is 0 Å². The minimum absolute atomic E-state index is 0.172. The number of amides is 1. The Balaban J connectivity index is 1.73. The fraction of sp³-hybridized carbons (Fsp3) is 0.125. The number of para-hydroxylation sites is 1. The monoisotopic (exact) mass is 280 g/mol. The van der Waals surface area contributed by atoms with Crippen molar-refractivity contribution in [2.75, 3.05) is 12.1 Å². The number of ether oxygens (including phenoxy) is 2. The van der Waals surface area contributed by atoms with Crippen LogP contribution in [0.1, 0.15) is 11.1 Å². The quantitative estimate of drug-likeness (QED) is 0.937. The summed E-state index contributed by atoms with van der Waals surface area (Å²) in [5, 5.41) is 11.6. The molecule has 0 unspecified atom stereocenters. The number of rotatable bonds is 3. The van der Waals surface area contributed by atoms with Gasteiger partial charge in [0.25, 0.3) is 0 Å². The van der Waals surface area contributed by atoms with E-state index in [1.54, 1.807) is 30.3 Å². The highest BCUT2D eigenvalue weighted by atomic mass is 16.7. The average molecular weight is 280 g/mol. The lowest BCUT2D eigenvalue weighted by Gasteiger charge is -2.07. The van der Waals surface area contributed by atoms with Crippen LogP contribution in [0.25, 0.3) is 0 Å². The highest BCUT2D eigenvalue weighted by molar-refractivity contribution is 5.92. The normalized spacial score (nSPS) is 11.8. The molecule has 104 valence electrons. The van der Waals surface area contributed by atoms with Crippen LogP contribution in [0.4, 0.5) is 5.69 Å². The van der Waals surface area contributed by atoms with Crippen LogP contribution in [0, 0.1) is 11.3 Å². The van der Waals surface area contributed by atoms with E-state index in [-0.39, 0.29) is 19.1 Å². The molecule has 2 aromatic rings. The van der Waals surface area contributed by atoms with E-state index in [1.807, 2.05) is 18.2 Å². The summed E-state index contributed by atoms with van der Waals surface area (Å²) in [6, 6.07) is 14.3. The van der Waals surface area contributed by atoms with Crippen molar-refractivity contribution in [3.63, 3.8) is 0 Å². The van der Waals surface area contributed by atoms with Gasteiger partial charge >= 0.3 is 0 Å². The molecule has 3 rings (SSSR count). The SMILES string of the molecule is N#Cc1cccc(NC(=O)Cc2cccc3c2OCO3)c1. The van der Waals surface area contributed by atoms with E-state index in [4.69, 9.17) is 14.7 Å². The lowest BCUT2D eigenvalue weighted by Crippen LogP contribution is -2.14. The minimum Gasteiger partial charge on any atom is -0.454 e. The molecular formula is C16H12N2O3. The van der Waals surface area contributed by atoms with E-state index >= 15 is 0 Å². The molecule has 1 N–H and O–H groups in total. The fourth-order valence-electron chi connectivity index (χ4n) is 2.17. The first-order valence-corrected chi connectivity index (χ1v) is 6.44. The third-order valence-corrected chi connectivity index (χ3v) is 3.10. The number of fused-ring (bicyclic) bond motifs is 1. The Morgan fingerprint density at radius 2 is 2.10 bits per heavy atom. The number of carbonyl (C=O) groups excluding carboxylic acids is 1. The number of hydrogen-bond acceptors (Lipinski definition) is 4. The van der Waals surface area contributed by atoms with Crippen LogP contribution < -0.4 is 14.8 Å². The molecule has 1 amide bonds. The molecule has 0 bridgehead atoms. The summed E-state index contributed by atoms with van der Waals surface area (Å²) in [5.74, 6) is 1.11. The zero-order valence-electron chi connectivity index (χ0n) is 11.1. The van der Waals surface area contributed by atoms with E-state index in [9.17, 15) is 4.79 Å². The van der Waals surface area contributed by atoms with Crippen LogP contribution in [-0.2, 0) is 11.2 Å². The number of anilines is 1. The molecule has 0 atom stereocenters. The fourth-order valence-corrected chi connectivity index (χ4v) is 2.17. The van der Waals surface area contributed by atoms with Crippen molar-refractivity contribution in [3.05, 3.63) is 53.6 Å². The molecule has 1 heterocycles.